The molecule has 0 radical (unpaired) electrons. The Bertz CT molecular complexity index is 1230. The van der Waals surface area contributed by atoms with Crippen LogP contribution in [0.2, 0.25) is 0 Å². The van der Waals surface area contributed by atoms with Gasteiger partial charge in [-0.25, -0.2) is 13.8 Å². The summed E-state index contributed by atoms with van der Waals surface area (Å²) in [5, 5.41) is 21.5. The van der Waals surface area contributed by atoms with Crippen LogP contribution in [-0.2, 0) is 0 Å². The highest BCUT2D eigenvalue weighted by Gasteiger charge is 2.22. The van der Waals surface area contributed by atoms with Gasteiger partial charge in [-0.2, -0.15) is 5.10 Å². The highest BCUT2D eigenvalue weighted by molar-refractivity contribution is 5.71. The lowest BCUT2D eigenvalue weighted by molar-refractivity contribution is 0.433. The normalized spacial score (nSPS) is 14.3. The van der Waals surface area contributed by atoms with Gasteiger partial charge in [-0.15, -0.1) is 5.10 Å². The maximum absolute atomic E-state index is 14.8. The molecule has 4 aromatic rings. The van der Waals surface area contributed by atoms with Gasteiger partial charge >= 0.3 is 0 Å². The SMILES string of the molecule is Cc1nc2c(F)cc(-c3cccc(O)c3F)cn2c1-c1ccc(C2CNC2)nn1. The predicted molar refractivity (Wildman–Crippen MR) is 104 cm³/mol. The Kier molecular flexibility index (Phi) is 4.02. The third kappa shape index (κ3) is 2.84. The van der Waals surface area contributed by atoms with Gasteiger partial charge in [0.2, 0.25) is 0 Å². The van der Waals surface area contributed by atoms with Gasteiger partial charge in [0.15, 0.2) is 23.0 Å². The summed E-state index contributed by atoms with van der Waals surface area (Å²) in [4.78, 5) is 4.32. The fourth-order valence-electron chi connectivity index (χ4n) is 3.60. The van der Waals surface area contributed by atoms with Crippen molar-refractivity contribution in [1.29, 1.82) is 0 Å². The zero-order chi connectivity index (χ0) is 20.1. The summed E-state index contributed by atoms with van der Waals surface area (Å²) in [7, 11) is 0. The number of fused-ring (bicyclic) bond motifs is 1. The average molecular weight is 393 g/mol. The zero-order valence-corrected chi connectivity index (χ0v) is 15.5. The Morgan fingerprint density at radius 2 is 1.97 bits per heavy atom. The first-order chi connectivity index (χ1) is 14.0. The summed E-state index contributed by atoms with van der Waals surface area (Å²) in [6, 6.07) is 9.21. The minimum Gasteiger partial charge on any atom is -0.505 e. The maximum Gasteiger partial charge on any atom is 0.174 e. The number of aromatic hydroxyl groups is 1. The number of phenols is 1. The smallest absolute Gasteiger partial charge is 0.174 e. The van der Waals surface area contributed by atoms with Gasteiger partial charge in [0.05, 0.1) is 17.1 Å². The molecule has 1 fully saturated rings. The number of phenolic OH excluding ortho intramolecular Hbond substituents is 1. The van der Waals surface area contributed by atoms with Crippen LogP contribution >= 0.6 is 0 Å². The van der Waals surface area contributed by atoms with Crippen molar-refractivity contribution < 1.29 is 13.9 Å². The lowest BCUT2D eigenvalue weighted by atomic mass is 9.99. The van der Waals surface area contributed by atoms with E-state index in [2.05, 4.69) is 20.5 Å². The van der Waals surface area contributed by atoms with E-state index in [-0.39, 0.29) is 16.8 Å². The van der Waals surface area contributed by atoms with Gasteiger partial charge in [-0.3, -0.25) is 4.40 Å². The maximum atomic E-state index is 14.8. The molecule has 1 saturated heterocycles. The summed E-state index contributed by atoms with van der Waals surface area (Å²) >= 11 is 0. The van der Waals surface area contributed by atoms with Crippen molar-refractivity contribution in [3.8, 4) is 28.3 Å². The Hall–Kier alpha value is -3.39. The molecule has 1 aliphatic heterocycles. The molecule has 2 N–H and O–H groups in total. The number of hydrogen-bond acceptors (Lipinski definition) is 5. The molecule has 29 heavy (non-hydrogen) atoms. The van der Waals surface area contributed by atoms with Gasteiger partial charge in [0.25, 0.3) is 0 Å². The second kappa shape index (κ2) is 6.59. The molecule has 0 bridgehead atoms. The topological polar surface area (TPSA) is 75.3 Å². The van der Waals surface area contributed by atoms with Crippen LogP contribution in [-0.4, -0.2) is 37.8 Å². The van der Waals surface area contributed by atoms with Gasteiger partial charge in [0.1, 0.15) is 5.69 Å². The predicted octanol–water partition coefficient (Wildman–Crippen LogP) is 3.44. The first-order valence-electron chi connectivity index (χ1n) is 9.23. The van der Waals surface area contributed by atoms with E-state index in [1.807, 2.05) is 12.1 Å². The average Bonchev–Trinajstić information content (AvgIpc) is 3.00. The Balaban J connectivity index is 1.67. The van der Waals surface area contributed by atoms with Crippen molar-refractivity contribution in [3.63, 3.8) is 0 Å². The van der Waals surface area contributed by atoms with Crippen molar-refractivity contribution in [1.82, 2.24) is 24.9 Å². The Labute approximate surface area is 164 Å². The van der Waals surface area contributed by atoms with Gasteiger partial charge in [-0.1, -0.05) is 12.1 Å². The van der Waals surface area contributed by atoms with Crippen LogP contribution in [0.5, 0.6) is 5.75 Å². The van der Waals surface area contributed by atoms with Crippen molar-refractivity contribution in [2.24, 2.45) is 0 Å². The molecular weight excluding hydrogens is 376 g/mol. The molecule has 6 nitrogen and oxygen atoms in total. The first kappa shape index (κ1) is 17.7. The number of pyridine rings is 1. The highest BCUT2D eigenvalue weighted by Crippen LogP contribution is 2.32. The summed E-state index contributed by atoms with van der Waals surface area (Å²) in [5.74, 6) is -1.53. The Morgan fingerprint density at radius 3 is 2.66 bits per heavy atom. The van der Waals surface area contributed by atoms with Crippen LogP contribution in [0.15, 0.2) is 42.6 Å². The van der Waals surface area contributed by atoms with Crippen molar-refractivity contribution in [2.75, 3.05) is 13.1 Å². The number of hydrogen-bond donors (Lipinski definition) is 2. The summed E-state index contributed by atoms with van der Waals surface area (Å²) < 4.78 is 30.7. The summed E-state index contributed by atoms with van der Waals surface area (Å²) in [6.07, 6.45) is 1.59. The molecule has 0 atom stereocenters. The number of benzene rings is 1. The molecule has 3 aromatic heterocycles. The largest absolute Gasteiger partial charge is 0.505 e. The minimum atomic E-state index is -0.803. The summed E-state index contributed by atoms with van der Waals surface area (Å²) in [6.45, 7) is 3.53. The second-order valence-corrected chi connectivity index (χ2v) is 7.15. The van der Waals surface area contributed by atoms with Crippen LogP contribution in [0, 0.1) is 18.6 Å². The van der Waals surface area contributed by atoms with Crippen molar-refractivity contribution in [2.45, 2.75) is 12.8 Å². The molecule has 146 valence electrons. The molecular formula is C21H17F2N5O. The molecule has 0 spiro atoms. The van der Waals surface area contributed by atoms with Crippen LogP contribution < -0.4 is 5.32 Å². The number of imidazole rings is 1. The highest BCUT2D eigenvalue weighted by atomic mass is 19.1. The quantitative estimate of drug-likeness (QED) is 0.558. The van der Waals surface area contributed by atoms with Crippen molar-refractivity contribution >= 4 is 5.65 Å². The van der Waals surface area contributed by atoms with E-state index in [0.29, 0.717) is 23.0 Å². The molecule has 0 saturated carbocycles. The number of nitrogens with one attached hydrogen (secondary N) is 1. The van der Waals surface area contributed by atoms with E-state index in [0.717, 1.165) is 18.8 Å². The van der Waals surface area contributed by atoms with E-state index in [9.17, 15) is 13.9 Å². The lowest BCUT2D eigenvalue weighted by Crippen LogP contribution is -2.40. The number of nitrogens with zero attached hydrogens (tertiary/aromatic N) is 4. The monoisotopic (exact) mass is 393 g/mol. The second-order valence-electron chi connectivity index (χ2n) is 7.15. The van der Waals surface area contributed by atoms with Crippen LogP contribution in [0.3, 0.4) is 0 Å². The van der Waals surface area contributed by atoms with E-state index >= 15 is 0 Å². The first-order valence-corrected chi connectivity index (χ1v) is 9.23. The molecule has 0 aliphatic carbocycles. The van der Waals surface area contributed by atoms with E-state index in [1.165, 1.54) is 24.3 Å². The standard InChI is InChI=1S/C21H17F2N5O/c1-11-20(17-6-5-16(26-27-17)13-8-24-9-13)28-10-12(7-15(22)21(28)25-11)14-3-2-4-18(29)19(14)23/h2-7,10,13,24,29H,8-9H2,1H3. The minimum absolute atomic E-state index is 0.0991. The van der Waals surface area contributed by atoms with Gasteiger partial charge < -0.3 is 10.4 Å². The Morgan fingerprint density at radius 1 is 1.14 bits per heavy atom. The number of aryl methyl sites for hydroxylation is 1. The fraction of sp³-hybridized carbons (Fsp3) is 0.190. The number of aromatic nitrogens is 4. The van der Waals surface area contributed by atoms with E-state index in [1.54, 1.807) is 17.5 Å². The molecule has 4 heterocycles. The fourth-order valence-corrected chi connectivity index (χ4v) is 3.60. The molecule has 1 aliphatic rings. The van der Waals surface area contributed by atoms with Crippen LogP contribution in [0.25, 0.3) is 28.2 Å². The number of halogens is 2. The number of rotatable bonds is 3. The third-order valence-electron chi connectivity index (χ3n) is 5.27. The summed E-state index contributed by atoms with van der Waals surface area (Å²) in [5.41, 5.74) is 3.15. The molecule has 0 amide bonds. The van der Waals surface area contributed by atoms with Crippen LogP contribution in [0.4, 0.5) is 8.78 Å². The van der Waals surface area contributed by atoms with Gasteiger partial charge in [-0.05, 0) is 31.2 Å². The zero-order valence-electron chi connectivity index (χ0n) is 15.5. The molecule has 5 rings (SSSR count). The van der Waals surface area contributed by atoms with E-state index in [4.69, 9.17) is 0 Å². The van der Waals surface area contributed by atoms with Gasteiger partial charge in [0, 0.05) is 36.3 Å². The van der Waals surface area contributed by atoms with E-state index < -0.39 is 17.4 Å². The molecule has 1 aromatic carbocycles. The molecule has 8 heteroatoms. The third-order valence-corrected chi connectivity index (χ3v) is 5.27. The molecule has 0 unspecified atom stereocenters. The van der Waals surface area contributed by atoms with Crippen LogP contribution in [0.1, 0.15) is 17.3 Å². The van der Waals surface area contributed by atoms with Crippen molar-refractivity contribution in [3.05, 3.63) is 65.6 Å². The lowest BCUT2D eigenvalue weighted by Gasteiger charge is -2.25.